The van der Waals surface area contributed by atoms with Crippen LogP contribution < -0.4 is 10.2 Å². The molecular weight excluding hydrogens is 688 g/mol. The maximum atomic E-state index is 15.1. The molecule has 254 valence electrons. The number of ether oxygens (including phenoxy) is 1. The fraction of sp³-hybridized carbons (Fsp3) is 0.324. The van der Waals surface area contributed by atoms with Gasteiger partial charge in [-0.05, 0) is 54.7 Å². The van der Waals surface area contributed by atoms with Crippen LogP contribution in [0.2, 0.25) is 10.0 Å². The molecule has 2 aliphatic carbocycles. The van der Waals surface area contributed by atoms with Gasteiger partial charge in [0.25, 0.3) is 11.8 Å². The van der Waals surface area contributed by atoms with Crippen molar-refractivity contribution in [2.75, 3.05) is 19.6 Å². The molecule has 3 heterocycles. The molecule has 0 bridgehead atoms. The molecule has 15 heteroatoms. The van der Waals surface area contributed by atoms with Crippen LogP contribution in [-0.2, 0) is 30.8 Å². The molecule has 6 unspecified atom stereocenters. The van der Waals surface area contributed by atoms with Crippen LogP contribution in [0, 0.1) is 23.7 Å². The molecule has 3 aromatic rings. The van der Waals surface area contributed by atoms with E-state index in [-0.39, 0.29) is 41.6 Å². The van der Waals surface area contributed by atoms with Crippen molar-refractivity contribution >= 4 is 52.6 Å². The van der Waals surface area contributed by atoms with Crippen molar-refractivity contribution < 1.29 is 42.2 Å². The topological polar surface area (TPSA) is 129 Å². The molecule has 10 nitrogen and oxygen atoms in total. The maximum absolute atomic E-state index is 15.1. The van der Waals surface area contributed by atoms with E-state index in [4.69, 9.17) is 27.9 Å². The number of imide groups is 2. The maximum Gasteiger partial charge on any atom is 0.417 e. The lowest BCUT2D eigenvalue weighted by Crippen LogP contribution is -2.53. The molecule has 1 saturated carbocycles. The predicted molar refractivity (Wildman–Crippen MR) is 169 cm³/mol. The number of pyridine rings is 1. The Morgan fingerprint density at radius 1 is 1.02 bits per heavy atom. The molecule has 49 heavy (non-hydrogen) atoms. The summed E-state index contributed by atoms with van der Waals surface area (Å²) in [6.45, 7) is 0. The second-order valence-electron chi connectivity index (χ2n) is 12.5. The number of carbonyl (C=O) groups excluding carboxylic acids is 4. The summed E-state index contributed by atoms with van der Waals surface area (Å²) in [6, 6.07) is 11.5. The minimum absolute atomic E-state index is 0.0498. The number of likely N-dealkylation sites (tertiary alicyclic amines) is 1. The normalized spacial score (nSPS) is 27.9. The zero-order valence-corrected chi connectivity index (χ0v) is 27.3. The Morgan fingerprint density at radius 3 is 2.39 bits per heavy atom. The number of fused-ring (bicyclic) bond motifs is 4. The molecule has 2 aliphatic heterocycles. The number of hydrazine groups is 1. The van der Waals surface area contributed by atoms with E-state index in [1.165, 1.54) is 20.2 Å². The third kappa shape index (κ3) is 4.73. The van der Waals surface area contributed by atoms with E-state index in [0.29, 0.717) is 33.4 Å². The smallest absolute Gasteiger partial charge is 0.417 e. The highest BCUT2D eigenvalue weighted by atomic mass is 35.5. The van der Waals surface area contributed by atoms with Gasteiger partial charge in [-0.2, -0.15) is 18.2 Å². The van der Waals surface area contributed by atoms with Gasteiger partial charge in [-0.1, -0.05) is 53.1 Å². The average molecular weight is 716 g/mol. The summed E-state index contributed by atoms with van der Waals surface area (Å²) in [6.07, 6.45) is -2.29. The Labute approximate surface area is 287 Å². The molecule has 3 fully saturated rings. The molecule has 0 spiro atoms. The molecular formula is C34H27Cl2F3N4O6. The van der Waals surface area contributed by atoms with E-state index >= 15 is 4.79 Å². The molecule has 1 aromatic heterocycles. The number of methoxy groups -OCH3 is 1. The minimum Gasteiger partial charge on any atom is -0.508 e. The van der Waals surface area contributed by atoms with Crippen molar-refractivity contribution in [2.45, 2.75) is 30.4 Å². The Hall–Kier alpha value is -4.62. The Kier molecular flexibility index (Phi) is 7.71. The molecule has 2 N–H and O–H groups in total. The van der Waals surface area contributed by atoms with Crippen LogP contribution in [0.5, 0.6) is 11.5 Å². The van der Waals surface area contributed by atoms with E-state index < -0.39 is 69.5 Å². The van der Waals surface area contributed by atoms with Crippen molar-refractivity contribution in [1.29, 1.82) is 0 Å². The van der Waals surface area contributed by atoms with E-state index in [9.17, 15) is 32.7 Å². The van der Waals surface area contributed by atoms with Crippen LogP contribution in [-0.4, -0.2) is 57.8 Å². The number of rotatable bonds is 5. The summed E-state index contributed by atoms with van der Waals surface area (Å²) in [5.74, 6) is -7.35. The van der Waals surface area contributed by atoms with Gasteiger partial charge < -0.3 is 9.84 Å². The number of aromatic nitrogens is 1. The lowest BCUT2D eigenvalue weighted by molar-refractivity contribution is -0.140. The number of aromatic hydroxyl groups is 1. The highest BCUT2D eigenvalue weighted by Gasteiger charge is 2.71. The van der Waals surface area contributed by atoms with Gasteiger partial charge in [0.1, 0.15) is 11.5 Å². The van der Waals surface area contributed by atoms with E-state index in [1.807, 2.05) is 6.08 Å². The van der Waals surface area contributed by atoms with Gasteiger partial charge in [-0.15, -0.1) is 0 Å². The van der Waals surface area contributed by atoms with Gasteiger partial charge in [-0.3, -0.25) is 29.5 Å². The monoisotopic (exact) mass is 714 g/mol. The number of carbonyl (C=O) groups is 4. The predicted octanol–water partition coefficient (Wildman–Crippen LogP) is 5.74. The van der Waals surface area contributed by atoms with Crippen LogP contribution in [0.1, 0.15) is 35.4 Å². The summed E-state index contributed by atoms with van der Waals surface area (Å²) in [5.41, 5.74) is 0.716. The van der Waals surface area contributed by atoms with Gasteiger partial charge in [-0.25, -0.2) is 4.98 Å². The molecule has 2 saturated heterocycles. The van der Waals surface area contributed by atoms with Crippen molar-refractivity contribution in [3.8, 4) is 11.5 Å². The first-order chi connectivity index (χ1) is 23.2. The molecule has 4 aliphatic rings. The van der Waals surface area contributed by atoms with Crippen molar-refractivity contribution in [1.82, 2.24) is 14.9 Å². The fourth-order valence-electron chi connectivity index (χ4n) is 8.25. The number of nitrogens with one attached hydrogen (secondary N) is 1. The first-order valence-corrected chi connectivity index (χ1v) is 16.0. The number of hydrogen-bond donors (Lipinski definition) is 2. The largest absolute Gasteiger partial charge is 0.508 e. The number of benzene rings is 2. The third-order valence-electron chi connectivity index (χ3n) is 10.3. The van der Waals surface area contributed by atoms with Crippen LogP contribution in [0.25, 0.3) is 0 Å². The van der Waals surface area contributed by atoms with Gasteiger partial charge in [0.15, 0.2) is 5.82 Å². The number of halogens is 5. The Bertz CT molecular complexity index is 1970. The summed E-state index contributed by atoms with van der Waals surface area (Å²) < 4.78 is 45.8. The summed E-state index contributed by atoms with van der Waals surface area (Å²) in [4.78, 5) is 61.4. The zero-order valence-electron chi connectivity index (χ0n) is 25.8. The number of amides is 4. The number of nitrogens with zero attached hydrogens (tertiary/aromatic N) is 3. The molecule has 7 rings (SSSR count). The molecule has 6 atom stereocenters. The molecule has 2 aromatic carbocycles. The lowest BCUT2D eigenvalue weighted by Gasteiger charge is -2.50. The van der Waals surface area contributed by atoms with Crippen LogP contribution in [0.4, 0.5) is 19.0 Å². The van der Waals surface area contributed by atoms with E-state index in [0.717, 1.165) is 4.90 Å². The van der Waals surface area contributed by atoms with Crippen LogP contribution in [0.15, 0.2) is 66.4 Å². The quantitative estimate of drug-likeness (QED) is 0.253. The highest BCUT2D eigenvalue weighted by Crippen LogP contribution is 2.65. The average Bonchev–Trinajstić information content (AvgIpc) is 3.42. The lowest BCUT2D eigenvalue weighted by atomic mass is 9.49. The van der Waals surface area contributed by atoms with Crippen LogP contribution >= 0.6 is 23.2 Å². The molecule has 0 radical (unpaired) electrons. The number of phenols is 1. The molecule has 4 amide bonds. The SMILES string of the molecule is COc1cccc(O)c1C1C2=CCC3C(=O)N(C)C(=O)C3C2CC2C(=O)N(Nc3ncc(C(F)(F)F)cc3Cl)C(=O)C21c1ccc(Cl)cc1. The first kappa shape index (κ1) is 32.9. The van der Waals surface area contributed by atoms with Crippen LogP contribution in [0.3, 0.4) is 0 Å². The van der Waals surface area contributed by atoms with Crippen molar-refractivity contribution in [3.63, 3.8) is 0 Å². The second kappa shape index (κ2) is 11.5. The van der Waals surface area contributed by atoms with Gasteiger partial charge in [0, 0.05) is 29.7 Å². The third-order valence-corrected chi connectivity index (χ3v) is 10.9. The summed E-state index contributed by atoms with van der Waals surface area (Å²) >= 11 is 12.5. The number of anilines is 1. The van der Waals surface area contributed by atoms with Crippen molar-refractivity contribution in [2.24, 2.45) is 23.7 Å². The zero-order chi connectivity index (χ0) is 35.2. The first-order valence-electron chi connectivity index (χ1n) is 15.2. The standard InChI is InChI=1S/C34H27Cl2F3N4O6/c1-42-29(45)19-11-10-18-20(25(19)31(42)47)13-21-30(46)43(41-28-22(36)12-16(14-40-28)34(37,38)39)32(48)33(21,15-6-8-17(35)9-7-15)27(18)26-23(44)4-3-5-24(26)49-2/h3-10,12,14,19-21,25,27,44H,11,13H2,1-2H3,(H,40,41). The van der Waals surface area contributed by atoms with E-state index in [2.05, 4.69) is 10.4 Å². The van der Waals surface area contributed by atoms with Gasteiger partial charge in [0.2, 0.25) is 11.8 Å². The van der Waals surface area contributed by atoms with Crippen molar-refractivity contribution in [3.05, 3.63) is 93.1 Å². The summed E-state index contributed by atoms with van der Waals surface area (Å²) in [7, 11) is 2.79. The second-order valence-corrected chi connectivity index (χ2v) is 13.4. The van der Waals surface area contributed by atoms with Gasteiger partial charge >= 0.3 is 6.18 Å². The number of allylic oxidation sites excluding steroid dienone is 2. The van der Waals surface area contributed by atoms with Gasteiger partial charge in [0.05, 0.1) is 40.9 Å². The number of hydrogen-bond acceptors (Lipinski definition) is 8. The summed E-state index contributed by atoms with van der Waals surface area (Å²) in [5, 5.41) is 12.0. The fourth-order valence-corrected chi connectivity index (χ4v) is 8.59. The minimum atomic E-state index is -4.75. The highest BCUT2D eigenvalue weighted by molar-refractivity contribution is 6.33. The Balaban J connectivity index is 1.47. The van der Waals surface area contributed by atoms with E-state index in [1.54, 1.807) is 36.4 Å². The number of alkyl halides is 3. The number of phenolic OH excluding ortho intramolecular Hbond substituents is 1. The Morgan fingerprint density at radius 2 is 1.73 bits per heavy atom.